The van der Waals surface area contributed by atoms with E-state index in [2.05, 4.69) is 15.9 Å². The number of benzene rings is 2. The van der Waals surface area contributed by atoms with Crippen LogP contribution in [0.3, 0.4) is 0 Å². The number of amides is 1. The normalized spacial score (nSPS) is 17.6. The number of halogens is 1. The van der Waals surface area contributed by atoms with Crippen molar-refractivity contribution >= 4 is 11.6 Å². The molecule has 0 unspecified atom stereocenters. The maximum atomic E-state index is 13.4. The van der Waals surface area contributed by atoms with Gasteiger partial charge >= 0.3 is 0 Å². The third kappa shape index (κ3) is 4.65. The first kappa shape index (κ1) is 20.4. The van der Waals surface area contributed by atoms with Gasteiger partial charge in [-0.1, -0.05) is 30.3 Å². The molecule has 30 heavy (non-hydrogen) atoms. The van der Waals surface area contributed by atoms with E-state index in [1.807, 2.05) is 35.2 Å². The smallest absolute Gasteiger partial charge is 0.249 e. The summed E-state index contributed by atoms with van der Waals surface area (Å²) >= 11 is 0. The fourth-order valence-electron chi connectivity index (χ4n) is 4.19. The lowest BCUT2D eigenvalue weighted by Crippen LogP contribution is -2.49. The Morgan fingerprint density at radius 2 is 1.83 bits per heavy atom. The molecule has 0 radical (unpaired) electrons. The Morgan fingerprint density at radius 3 is 2.53 bits per heavy atom. The Kier molecular flexibility index (Phi) is 6.33. The molecule has 6 heteroatoms. The van der Waals surface area contributed by atoms with E-state index in [0.29, 0.717) is 19.6 Å². The Bertz CT molecular complexity index is 922. The van der Waals surface area contributed by atoms with Crippen LogP contribution in [-0.2, 0) is 11.3 Å². The summed E-state index contributed by atoms with van der Waals surface area (Å²) in [5.41, 5.74) is 2.94. The predicted octanol–water partition coefficient (Wildman–Crippen LogP) is 3.32. The molecule has 2 aromatic rings. The van der Waals surface area contributed by atoms with E-state index in [-0.39, 0.29) is 11.7 Å². The molecule has 158 valence electrons. The van der Waals surface area contributed by atoms with Crippen LogP contribution in [0.1, 0.15) is 12.0 Å². The third-order valence-corrected chi connectivity index (χ3v) is 5.86. The summed E-state index contributed by atoms with van der Waals surface area (Å²) in [5, 5.41) is 0. The minimum Gasteiger partial charge on any atom is -0.495 e. The molecule has 5 nitrogen and oxygen atoms in total. The van der Waals surface area contributed by atoms with Crippen molar-refractivity contribution in [1.29, 1.82) is 0 Å². The number of piperazine rings is 1. The van der Waals surface area contributed by atoms with Crippen molar-refractivity contribution in [2.45, 2.75) is 13.0 Å². The zero-order valence-electron chi connectivity index (χ0n) is 17.4. The first-order valence-corrected chi connectivity index (χ1v) is 10.5. The number of ether oxygens (including phenoxy) is 1. The molecular formula is C24H28FN3O2. The van der Waals surface area contributed by atoms with Gasteiger partial charge < -0.3 is 14.5 Å². The van der Waals surface area contributed by atoms with Gasteiger partial charge in [0.15, 0.2) is 0 Å². The molecule has 0 aromatic heterocycles. The minimum absolute atomic E-state index is 0.153. The number of carbonyl (C=O) groups excluding carboxylic acids is 1. The summed E-state index contributed by atoms with van der Waals surface area (Å²) in [5.74, 6) is 0.814. The Labute approximate surface area is 177 Å². The summed E-state index contributed by atoms with van der Waals surface area (Å²) in [7, 11) is 1.69. The molecule has 0 aliphatic carbocycles. The van der Waals surface area contributed by atoms with Gasteiger partial charge in [-0.25, -0.2) is 4.39 Å². The van der Waals surface area contributed by atoms with Crippen molar-refractivity contribution in [2.24, 2.45) is 0 Å². The topological polar surface area (TPSA) is 36.0 Å². The number of para-hydroxylation sites is 2. The molecule has 2 heterocycles. The number of nitrogens with zero attached hydrogens (tertiary/aromatic N) is 3. The molecule has 0 spiro atoms. The van der Waals surface area contributed by atoms with Crippen LogP contribution >= 0.6 is 0 Å². The van der Waals surface area contributed by atoms with E-state index in [1.165, 1.54) is 6.07 Å². The van der Waals surface area contributed by atoms with Crippen LogP contribution in [0.15, 0.2) is 60.2 Å². The highest BCUT2D eigenvalue weighted by Gasteiger charge is 2.26. The van der Waals surface area contributed by atoms with Crippen molar-refractivity contribution < 1.29 is 13.9 Å². The standard InChI is InChI=1S/C24H28FN3O2/c1-30-23-8-3-2-7-22(23)27-13-15-28(16-14-27)24(29)20-9-11-26(12-10-20)18-19-5-4-6-21(25)17-19/h2-9,17H,10-16,18H2,1H3. The van der Waals surface area contributed by atoms with Crippen molar-refractivity contribution in [3.05, 3.63) is 71.6 Å². The second-order valence-electron chi connectivity index (χ2n) is 7.80. The number of carbonyl (C=O) groups is 1. The Hall–Kier alpha value is -2.86. The molecule has 2 aromatic carbocycles. The SMILES string of the molecule is COc1ccccc1N1CCN(C(=O)C2=CCN(Cc3cccc(F)c3)CC2)CC1. The van der Waals surface area contributed by atoms with E-state index in [9.17, 15) is 9.18 Å². The van der Waals surface area contributed by atoms with Crippen LogP contribution in [-0.4, -0.2) is 62.1 Å². The predicted molar refractivity (Wildman–Crippen MR) is 116 cm³/mol. The molecule has 4 rings (SSSR count). The van der Waals surface area contributed by atoms with Crippen molar-refractivity contribution in [3.8, 4) is 5.75 Å². The fourth-order valence-corrected chi connectivity index (χ4v) is 4.19. The van der Waals surface area contributed by atoms with Gasteiger partial charge in [-0.05, 0) is 36.2 Å². The average molecular weight is 410 g/mol. The highest BCUT2D eigenvalue weighted by molar-refractivity contribution is 5.93. The van der Waals surface area contributed by atoms with Crippen LogP contribution in [0, 0.1) is 5.82 Å². The van der Waals surface area contributed by atoms with Gasteiger partial charge in [-0.2, -0.15) is 0 Å². The minimum atomic E-state index is -0.205. The highest BCUT2D eigenvalue weighted by atomic mass is 19.1. The molecule has 2 aliphatic rings. The highest BCUT2D eigenvalue weighted by Crippen LogP contribution is 2.28. The first-order chi connectivity index (χ1) is 14.6. The molecule has 1 amide bonds. The van der Waals surface area contributed by atoms with E-state index in [4.69, 9.17) is 4.74 Å². The maximum Gasteiger partial charge on any atom is 0.249 e. The molecular weight excluding hydrogens is 381 g/mol. The molecule has 2 aliphatic heterocycles. The number of rotatable bonds is 5. The third-order valence-electron chi connectivity index (χ3n) is 5.86. The second kappa shape index (κ2) is 9.30. The van der Waals surface area contributed by atoms with E-state index >= 15 is 0 Å². The summed E-state index contributed by atoms with van der Waals surface area (Å²) < 4.78 is 18.9. The molecule has 0 atom stereocenters. The number of hydrogen-bond donors (Lipinski definition) is 0. The van der Waals surface area contributed by atoms with E-state index in [1.54, 1.807) is 19.2 Å². The van der Waals surface area contributed by atoms with Crippen molar-refractivity contribution in [1.82, 2.24) is 9.80 Å². The van der Waals surface area contributed by atoms with Gasteiger partial charge in [0.1, 0.15) is 11.6 Å². The lowest BCUT2D eigenvalue weighted by molar-refractivity contribution is -0.127. The van der Waals surface area contributed by atoms with Gasteiger partial charge in [0, 0.05) is 51.4 Å². The van der Waals surface area contributed by atoms with Gasteiger partial charge in [-0.3, -0.25) is 9.69 Å². The molecule has 1 saturated heterocycles. The number of methoxy groups -OCH3 is 1. The molecule has 1 fully saturated rings. The summed E-state index contributed by atoms with van der Waals surface area (Å²) in [6.45, 7) is 5.25. The zero-order valence-corrected chi connectivity index (χ0v) is 17.4. The van der Waals surface area contributed by atoms with E-state index < -0.39 is 0 Å². The van der Waals surface area contributed by atoms with Crippen LogP contribution in [0.2, 0.25) is 0 Å². The van der Waals surface area contributed by atoms with Gasteiger partial charge in [0.25, 0.3) is 0 Å². The molecule has 0 saturated carbocycles. The van der Waals surface area contributed by atoms with Crippen molar-refractivity contribution in [2.75, 3.05) is 51.3 Å². The van der Waals surface area contributed by atoms with Gasteiger partial charge in [-0.15, -0.1) is 0 Å². The zero-order chi connectivity index (χ0) is 20.9. The molecule has 0 bridgehead atoms. The molecule has 0 N–H and O–H groups in total. The summed E-state index contributed by atoms with van der Waals surface area (Å²) in [6, 6.07) is 14.7. The lowest BCUT2D eigenvalue weighted by Gasteiger charge is -2.37. The quantitative estimate of drug-likeness (QED) is 0.759. The Morgan fingerprint density at radius 1 is 1.03 bits per heavy atom. The summed E-state index contributed by atoms with van der Waals surface area (Å²) in [6.07, 6.45) is 2.78. The lowest BCUT2D eigenvalue weighted by atomic mass is 10.1. The monoisotopic (exact) mass is 409 g/mol. The second-order valence-corrected chi connectivity index (χ2v) is 7.80. The van der Waals surface area contributed by atoms with Crippen LogP contribution < -0.4 is 9.64 Å². The average Bonchev–Trinajstić information content (AvgIpc) is 2.79. The van der Waals surface area contributed by atoms with Gasteiger partial charge in [0.2, 0.25) is 5.91 Å². The first-order valence-electron chi connectivity index (χ1n) is 10.5. The van der Waals surface area contributed by atoms with Crippen LogP contribution in [0.4, 0.5) is 10.1 Å². The number of hydrogen-bond acceptors (Lipinski definition) is 4. The van der Waals surface area contributed by atoms with Crippen molar-refractivity contribution in [3.63, 3.8) is 0 Å². The largest absolute Gasteiger partial charge is 0.495 e. The maximum absolute atomic E-state index is 13.4. The van der Waals surface area contributed by atoms with Gasteiger partial charge in [0.05, 0.1) is 12.8 Å². The number of anilines is 1. The van der Waals surface area contributed by atoms with Crippen LogP contribution in [0.25, 0.3) is 0 Å². The van der Waals surface area contributed by atoms with E-state index in [0.717, 1.165) is 55.2 Å². The van der Waals surface area contributed by atoms with Crippen LogP contribution in [0.5, 0.6) is 5.75 Å². The fraction of sp³-hybridized carbons (Fsp3) is 0.375. The Balaban J connectivity index is 1.31. The summed E-state index contributed by atoms with van der Waals surface area (Å²) in [4.78, 5) is 19.5.